The second-order valence-corrected chi connectivity index (χ2v) is 9.19. The maximum atomic E-state index is 11.0. The maximum Gasteiger partial charge on any atom is 0.147 e. The first-order valence-electron chi connectivity index (χ1n) is 9.74. The van der Waals surface area contributed by atoms with Crippen LogP contribution >= 0.6 is 0 Å². The van der Waals surface area contributed by atoms with E-state index in [0.717, 1.165) is 12.8 Å². The normalized spacial score (nSPS) is 11.9. The Hall–Kier alpha value is -0.0500. The number of rotatable bonds is 17. The molecule has 0 aliphatic carbocycles. The Morgan fingerprint density at radius 1 is 0.500 bits per heavy atom. The van der Waals surface area contributed by atoms with E-state index in [1.807, 2.05) is 0 Å². The first-order chi connectivity index (χ1) is 10.6. The van der Waals surface area contributed by atoms with Gasteiger partial charge in [-0.2, -0.15) is 0 Å². The fourth-order valence-corrected chi connectivity index (χ4v) is 3.64. The molecule has 0 radical (unpaired) electrons. The molecule has 134 valence electrons. The zero-order valence-electron chi connectivity index (χ0n) is 15.2. The monoisotopic (exact) mass is 332 g/mol. The summed E-state index contributed by atoms with van der Waals surface area (Å²) in [6.45, 7) is 2.27. The lowest BCUT2D eigenvalue weighted by Crippen LogP contribution is -2.02. The molecule has 0 N–H and O–H groups in total. The van der Waals surface area contributed by atoms with Crippen molar-refractivity contribution in [2.24, 2.45) is 0 Å². The molecule has 0 saturated carbocycles. The first kappa shape index (κ1) is 21.9. The van der Waals surface area contributed by atoms with Crippen LogP contribution in [0.1, 0.15) is 110 Å². The lowest BCUT2D eigenvalue weighted by molar-refractivity contribution is 0.531. The van der Waals surface area contributed by atoms with E-state index >= 15 is 0 Å². The van der Waals surface area contributed by atoms with Crippen LogP contribution in [0.3, 0.4) is 0 Å². The van der Waals surface area contributed by atoms with Crippen LogP contribution in [0.2, 0.25) is 0 Å². The van der Waals surface area contributed by atoms with Crippen LogP contribution in [0.15, 0.2) is 0 Å². The standard InChI is InChI=1S/C19H40O2S/c1-3-4-5-6-7-8-9-10-11-12-13-14-15-16-17-18-19-22(2,20)21/h3-19H2,1-2H3. The van der Waals surface area contributed by atoms with Gasteiger partial charge in [0.2, 0.25) is 0 Å². The average molecular weight is 333 g/mol. The van der Waals surface area contributed by atoms with Gasteiger partial charge in [-0.25, -0.2) is 8.42 Å². The Kier molecular flexibility index (Phi) is 15.8. The van der Waals surface area contributed by atoms with E-state index in [1.165, 1.54) is 96.1 Å². The van der Waals surface area contributed by atoms with Gasteiger partial charge in [0, 0.05) is 12.0 Å². The molecule has 0 rings (SSSR count). The minimum absolute atomic E-state index is 0.367. The number of hydrogen-bond acceptors (Lipinski definition) is 2. The Balaban J connectivity index is 3.03. The van der Waals surface area contributed by atoms with Gasteiger partial charge in [0.1, 0.15) is 9.84 Å². The van der Waals surface area contributed by atoms with Crippen LogP contribution in [0, 0.1) is 0 Å². The Labute approximate surface area is 140 Å². The van der Waals surface area contributed by atoms with E-state index in [9.17, 15) is 8.42 Å². The summed E-state index contributed by atoms with van der Waals surface area (Å²) in [4.78, 5) is 0. The average Bonchev–Trinajstić information content (AvgIpc) is 2.45. The Bertz CT molecular complexity index is 309. The molecule has 3 heteroatoms. The summed E-state index contributed by atoms with van der Waals surface area (Å²) in [7, 11) is -2.74. The van der Waals surface area contributed by atoms with Crippen molar-refractivity contribution in [1.29, 1.82) is 0 Å². The van der Waals surface area contributed by atoms with Crippen molar-refractivity contribution in [3.05, 3.63) is 0 Å². The summed E-state index contributed by atoms with van der Waals surface area (Å²) >= 11 is 0. The minimum Gasteiger partial charge on any atom is -0.229 e. The lowest BCUT2D eigenvalue weighted by Gasteiger charge is -2.03. The lowest BCUT2D eigenvalue weighted by atomic mass is 10.0. The van der Waals surface area contributed by atoms with Gasteiger partial charge in [0.05, 0.1) is 0 Å². The van der Waals surface area contributed by atoms with E-state index in [0.29, 0.717) is 5.75 Å². The van der Waals surface area contributed by atoms with E-state index < -0.39 is 9.84 Å². The fraction of sp³-hybridized carbons (Fsp3) is 1.00. The summed E-state index contributed by atoms with van der Waals surface area (Å²) in [5, 5.41) is 0. The first-order valence-corrected chi connectivity index (χ1v) is 11.8. The van der Waals surface area contributed by atoms with Gasteiger partial charge in [-0.05, 0) is 6.42 Å². The third-order valence-electron chi connectivity index (χ3n) is 4.37. The van der Waals surface area contributed by atoms with Crippen molar-refractivity contribution in [2.45, 2.75) is 110 Å². The second kappa shape index (κ2) is 15.8. The number of hydrogen-bond donors (Lipinski definition) is 0. The molecule has 0 amide bonds. The zero-order valence-corrected chi connectivity index (χ0v) is 16.1. The van der Waals surface area contributed by atoms with Crippen molar-refractivity contribution in [2.75, 3.05) is 12.0 Å². The summed E-state index contributed by atoms with van der Waals surface area (Å²) in [6.07, 6.45) is 22.6. The highest BCUT2D eigenvalue weighted by atomic mass is 32.2. The van der Waals surface area contributed by atoms with E-state index in [4.69, 9.17) is 0 Å². The van der Waals surface area contributed by atoms with Gasteiger partial charge in [-0.15, -0.1) is 0 Å². The molecule has 0 fully saturated rings. The highest BCUT2D eigenvalue weighted by Gasteiger charge is 2.00. The molecule has 0 aromatic heterocycles. The van der Waals surface area contributed by atoms with Crippen molar-refractivity contribution in [1.82, 2.24) is 0 Å². The molecule has 0 unspecified atom stereocenters. The van der Waals surface area contributed by atoms with Crippen LogP contribution in [0.4, 0.5) is 0 Å². The van der Waals surface area contributed by atoms with E-state index in [1.54, 1.807) is 0 Å². The molecule has 0 atom stereocenters. The molecular formula is C19H40O2S. The third-order valence-corrected chi connectivity index (χ3v) is 5.40. The highest BCUT2D eigenvalue weighted by molar-refractivity contribution is 7.90. The van der Waals surface area contributed by atoms with Crippen molar-refractivity contribution in [3.63, 3.8) is 0 Å². The van der Waals surface area contributed by atoms with Gasteiger partial charge in [0.25, 0.3) is 0 Å². The van der Waals surface area contributed by atoms with Crippen LogP contribution in [0.25, 0.3) is 0 Å². The summed E-state index contributed by atoms with van der Waals surface area (Å²) in [5.41, 5.74) is 0. The quantitative estimate of drug-likeness (QED) is 0.293. The summed E-state index contributed by atoms with van der Waals surface area (Å²) < 4.78 is 22.0. The molecule has 0 bridgehead atoms. The van der Waals surface area contributed by atoms with Crippen LogP contribution < -0.4 is 0 Å². The van der Waals surface area contributed by atoms with Crippen LogP contribution in [-0.2, 0) is 9.84 Å². The van der Waals surface area contributed by atoms with E-state index in [2.05, 4.69) is 6.92 Å². The van der Waals surface area contributed by atoms with Gasteiger partial charge < -0.3 is 0 Å². The molecule has 0 aliphatic rings. The molecule has 0 saturated heterocycles. The highest BCUT2D eigenvalue weighted by Crippen LogP contribution is 2.13. The molecule has 0 aliphatic heterocycles. The maximum absolute atomic E-state index is 11.0. The summed E-state index contributed by atoms with van der Waals surface area (Å²) in [5.74, 6) is 0.367. The molecular weight excluding hydrogens is 292 g/mol. The fourth-order valence-electron chi connectivity index (χ4n) is 2.91. The molecule has 22 heavy (non-hydrogen) atoms. The van der Waals surface area contributed by atoms with Crippen molar-refractivity contribution >= 4 is 9.84 Å². The molecule has 0 aromatic rings. The Morgan fingerprint density at radius 2 is 0.773 bits per heavy atom. The molecule has 0 spiro atoms. The molecule has 2 nitrogen and oxygen atoms in total. The van der Waals surface area contributed by atoms with Gasteiger partial charge in [0.15, 0.2) is 0 Å². The van der Waals surface area contributed by atoms with Gasteiger partial charge in [-0.3, -0.25) is 0 Å². The van der Waals surface area contributed by atoms with E-state index in [-0.39, 0.29) is 0 Å². The predicted octanol–water partition coefficient (Wildman–Crippen LogP) is 6.29. The Morgan fingerprint density at radius 3 is 1.05 bits per heavy atom. The second-order valence-electron chi connectivity index (χ2n) is 6.93. The minimum atomic E-state index is -2.74. The topological polar surface area (TPSA) is 34.1 Å². The number of unbranched alkanes of at least 4 members (excludes halogenated alkanes) is 15. The summed E-state index contributed by atoms with van der Waals surface area (Å²) in [6, 6.07) is 0. The zero-order chi connectivity index (χ0) is 16.5. The predicted molar refractivity (Wildman–Crippen MR) is 99.3 cm³/mol. The molecule has 0 heterocycles. The SMILES string of the molecule is CCCCCCCCCCCCCCCCCCS(C)(=O)=O. The van der Waals surface area contributed by atoms with Crippen LogP contribution in [-0.4, -0.2) is 20.4 Å². The van der Waals surface area contributed by atoms with Crippen LogP contribution in [0.5, 0.6) is 0 Å². The smallest absolute Gasteiger partial charge is 0.147 e. The van der Waals surface area contributed by atoms with Crippen molar-refractivity contribution in [3.8, 4) is 0 Å². The van der Waals surface area contributed by atoms with Crippen molar-refractivity contribution < 1.29 is 8.42 Å². The van der Waals surface area contributed by atoms with Gasteiger partial charge >= 0.3 is 0 Å². The third kappa shape index (κ3) is 19.9. The number of sulfone groups is 1. The largest absolute Gasteiger partial charge is 0.229 e. The van der Waals surface area contributed by atoms with Gasteiger partial charge in [-0.1, -0.05) is 103 Å². The molecule has 0 aromatic carbocycles.